The molecule has 4 rings (SSSR count). The Morgan fingerprint density at radius 3 is 2.52 bits per heavy atom. The number of rotatable bonds is 2. The van der Waals surface area contributed by atoms with Gasteiger partial charge in [-0.2, -0.15) is 4.57 Å². The first-order chi connectivity index (χ1) is 11.1. The summed E-state index contributed by atoms with van der Waals surface area (Å²) in [6.45, 7) is 9.55. The van der Waals surface area contributed by atoms with Crippen molar-refractivity contribution in [3.63, 3.8) is 0 Å². The standard InChI is InChI=1S/C21H24NS/c1-5-20(3)17-10-8-7-9-15(17)19-16-12-14-23-18(16)11-13-22(19)21(20,4)6-2/h7-14H,5-6H2,1-4H3/q+1. The summed E-state index contributed by atoms with van der Waals surface area (Å²) in [7, 11) is 0. The molecular formula is C21H24NS+. The van der Waals surface area contributed by atoms with Gasteiger partial charge in [0.05, 0.1) is 16.4 Å². The predicted octanol–water partition coefficient (Wildman–Crippen LogP) is 5.66. The van der Waals surface area contributed by atoms with Crippen LogP contribution in [0.1, 0.15) is 46.1 Å². The Hall–Kier alpha value is -1.67. The Morgan fingerprint density at radius 2 is 1.78 bits per heavy atom. The highest BCUT2D eigenvalue weighted by molar-refractivity contribution is 7.17. The minimum Gasteiger partial charge on any atom is -0.192 e. The minimum absolute atomic E-state index is 0.0849. The van der Waals surface area contributed by atoms with Crippen molar-refractivity contribution in [1.82, 2.24) is 0 Å². The first-order valence-electron chi connectivity index (χ1n) is 8.59. The lowest BCUT2D eigenvalue weighted by molar-refractivity contribution is -0.764. The van der Waals surface area contributed by atoms with Gasteiger partial charge in [-0.1, -0.05) is 32.0 Å². The molecule has 0 N–H and O–H groups in total. The highest BCUT2D eigenvalue weighted by Crippen LogP contribution is 2.50. The summed E-state index contributed by atoms with van der Waals surface area (Å²) >= 11 is 1.83. The zero-order chi connectivity index (χ0) is 16.2. The average molecular weight is 322 g/mol. The van der Waals surface area contributed by atoms with Gasteiger partial charge in [0.1, 0.15) is 0 Å². The predicted molar refractivity (Wildman–Crippen MR) is 99.0 cm³/mol. The van der Waals surface area contributed by atoms with E-state index in [-0.39, 0.29) is 11.0 Å². The van der Waals surface area contributed by atoms with Crippen molar-refractivity contribution in [2.45, 2.75) is 51.5 Å². The summed E-state index contributed by atoms with van der Waals surface area (Å²) < 4.78 is 3.94. The van der Waals surface area contributed by atoms with Crippen molar-refractivity contribution in [3.05, 3.63) is 53.5 Å². The molecule has 2 unspecified atom stereocenters. The third-order valence-electron chi connectivity index (χ3n) is 6.46. The Morgan fingerprint density at radius 1 is 1.00 bits per heavy atom. The number of nitrogens with zero attached hydrogens (tertiary/aromatic N) is 1. The van der Waals surface area contributed by atoms with Crippen LogP contribution < -0.4 is 4.57 Å². The normalized spacial score (nSPS) is 26.1. The SMILES string of the molecule is CCC1(C)c2ccccc2-c2c3ccsc3cc[n+]2C1(C)CC. The second-order valence-corrected chi connectivity index (χ2v) is 8.04. The van der Waals surface area contributed by atoms with Gasteiger partial charge in [-0.25, -0.2) is 0 Å². The third kappa shape index (κ3) is 1.70. The molecule has 0 aliphatic carbocycles. The molecule has 2 heteroatoms. The lowest BCUT2D eigenvalue weighted by Gasteiger charge is -2.46. The zero-order valence-electron chi connectivity index (χ0n) is 14.4. The van der Waals surface area contributed by atoms with Gasteiger partial charge in [0.2, 0.25) is 5.69 Å². The molecule has 1 aromatic carbocycles. The molecule has 0 spiro atoms. The second-order valence-electron chi connectivity index (χ2n) is 7.09. The van der Waals surface area contributed by atoms with Crippen molar-refractivity contribution in [2.24, 2.45) is 0 Å². The highest BCUT2D eigenvalue weighted by atomic mass is 32.1. The number of pyridine rings is 1. The van der Waals surface area contributed by atoms with E-state index in [4.69, 9.17) is 0 Å². The van der Waals surface area contributed by atoms with Crippen LogP contribution in [0.25, 0.3) is 21.3 Å². The first kappa shape index (κ1) is 14.9. The molecule has 23 heavy (non-hydrogen) atoms. The summed E-state index contributed by atoms with van der Waals surface area (Å²) in [4.78, 5) is 0. The van der Waals surface area contributed by atoms with Crippen LogP contribution in [0.3, 0.4) is 0 Å². The lowest BCUT2D eigenvalue weighted by Crippen LogP contribution is -2.67. The van der Waals surface area contributed by atoms with E-state index in [1.165, 1.54) is 26.9 Å². The number of thiophene rings is 1. The van der Waals surface area contributed by atoms with Crippen molar-refractivity contribution in [3.8, 4) is 11.3 Å². The zero-order valence-corrected chi connectivity index (χ0v) is 15.2. The number of benzene rings is 1. The van der Waals surface area contributed by atoms with Crippen LogP contribution in [0.5, 0.6) is 0 Å². The van der Waals surface area contributed by atoms with Crippen LogP contribution in [0.15, 0.2) is 48.0 Å². The third-order valence-corrected chi connectivity index (χ3v) is 7.34. The molecule has 1 nitrogen and oxygen atoms in total. The molecule has 0 bridgehead atoms. The fraction of sp³-hybridized carbons (Fsp3) is 0.381. The Kier molecular flexibility index (Phi) is 3.18. The fourth-order valence-electron chi connectivity index (χ4n) is 4.54. The smallest absolute Gasteiger partial charge is 0.192 e. The van der Waals surface area contributed by atoms with E-state index in [0.717, 1.165) is 12.8 Å². The molecule has 0 saturated carbocycles. The Labute approximate surface area is 142 Å². The number of hydrogen-bond acceptors (Lipinski definition) is 1. The number of hydrogen-bond donors (Lipinski definition) is 0. The van der Waals surface area contributed by atoms with E-state index in [1.54, 1.807) is 0 Å². The maximum atomic E-state index is 2.56. The molecule has 1 aliphatic rings. The van der Waals surface area contributed by atoms with Gasteiger partial charge in [-0.15, -0.1) is 11.3 Å². The maximum Gasteiger partial charge on any atom is 0.222 e. The lowest BCUT2D eigenvalue weighted by atomic mass is 9.60. The topological polar surface area (TPSA) is 3.88 Å². The first-order valence-corrected chi connectivity index (χ1v) is 9.47. The maximum absolute atomic E-state index is 2.56. The Bertz CT molecular complexity index is 894. The molecular weight excluding hydrogens is 298 g/mol. The van der Waals surface area contributed by atoms with Crippen molar-refractivity contribution >= 4 is 21.4 Å². The van der Waals surface area contributed by atoms with Crippen LogP contribution in [-0.2, 0) is 11.0 Å². The fourth-order valence-corrected chi connectivity index (χ4v) is 5.32. The largest absolute Gasteiger partial charge is 0.222 e. The molecule has 0 saturated heterocycles. The molecule has 1 aliphatic heterocycles. The van der Waals surface area contributed by atoms with E-state index in [9.17, 15) is 0 Å². The molecule has 3 heterocycles. The van der Waals surface area contributed by atoms with Gasteiger partial charge in [-0.05, 0) is 36.4 Å². The average Bonchev–Trinajstić information content (AvgIpc) is 3.07. The van der Waals surface area contributed by atoms with Crippen LogP contribution in [-0.4, -0.2) is 0 Å². The quantitative estimate of drug-likeness (QED) is 0.536. The van der Waals surface area contributed by atoms with E-state index < -0.39 is 0 Å². The van der Waals surface area contributed by atoms with Crippen LogP contribution in [0.2, 0.25) is 0 Å². The number of aromatic nitrogens is 1. The minimum atomic E-state index is 0.0849. The van der Waals surface area contributed by atoms with E-state index in [2.05, 4.69) is 80.2 Å². The summed E-state index contributed by atoms with van der Waals surface area (Å²) in [5.41, 5.74) is 4.54. The van der Waals surface area contributed by atoms with Crippen LogP contribution in [0.4, 0.5) is 0 Å². The summed E-state index contributed by atoms with van der Waals surface area (Å²) in [6, 6.07) is 13.6. The van der Waals surface area contributed by atoms with Crippen molar-refractivity contribution < 1.29 is 4.57 Å². The van der Waals surface area contributed by atoms with Crippen molar-refractivity contribution in [1.29, 1.82) is 0 Å². The van der Waals surface area contributed by atoms with Gasteiger partial charge < -0.3 is 0 Å². The van der Waals surface area contributed by atoms with Gasteiger partial charge in [0.25, 0.3) is 0 Å². The van der Waals surface area contributed by atoms with Gasteiger partial charge in [-0.3, -0.25) is 0 Å². The molecule has 0 fully saturated rings. The van der Waals surface area contributed by atoms with Crippen LogP contribution in [0, 0.1) is 0 Å². The molecule has 0 amide bonds. The molecule has 3 aromatic rings. The van der Waals surface area contributed by atoms with E-state index >= 15 is 0 Å². The van der Waals surface area contributed by atoms with Crippen LogP contribution >= 0.6 is 11.3 Å². The molecule has 2 aromatic heterocycles. The van der Waals surface area contributed by atoms with Crippen molar-refractivity contribution in [2.75, 3.05) is 0 Å². The second kappa shape index (κ2) is 4.91. The monoisotopic (exact) mass is 322 g/mol. The summed E-state index contributed by atoms with van der Waals surface area (Å²) in [6.07, 6.45) is 4.59. The molecule has 2 atom stereocenters. The van der Waals surface area contributed by atoms with Gasteiger partial charge in [0.15, 0.2) is 11.7 Å². The highest BCUT2D eigenvalue weighted by Gasteiger charge is 2.56. The summed E-state index contributed by atoms with van der Waals surface area (Å²) in [5, 5.41) is 3.60. The summed E-state index contributed by atoms with van der Waals surface area (Å²) in [5.74, 6) is 0. The van der Waals surface area contributed by atoms with E-state index in [0.29, 0.717) is 0 Å². The number of fused-ring (bicyclic) bond motifs is 5. The van der Waals surface area contributed by atoms with Gasteiger partial charge in [0, 0.05) is 24.1 Å². The Balaban J connectivity index is 2.20. The molecule has 118 valence electrons. The van der Waals surface area contributed by atoms with Gasteiger partial charge >= 0.3 is 0 Å². The van der Waals surface area contributed by atoms with E-state index in [1.807, 2.05) is 11.3 Å². The molecule has 0 radical (unpaired) electrons.